The van der Waals surface area contributed by atoms with Gasteiger partial charge in [0.05, 0.1) is 5.41 Å². The van der Waals surface area contributed by atoms with Gasteiger partial charge in [0.25, 0.3) is 0 Å². The van der Waals surface area contributed by atoms with Crippen LogP contribution in [0.4, 0.5) is 0 Å². The van der Waals surface area contributed by atoms with Crippen molar-refractivity contribution in [2.75, 3.05) is 21.1 Å². The Bertz CT molecular complexity index is 1010. The molecule has 37 heavy (non-hydrogen) atoms. The Kier molecular flexibility index (Phi) is 13.6. The van der Waals surface area contributed by atoms with E-state index in [1.807, 2.05) is 81.4 Å². The first-order chi connectivity index (χ1) is 18.2. The summed E-state index contributed by atoms with van der Waals surface area (Å²) in [6.45, 7) is 16.0. The Morgan fingerprint density at radius 2 is 0.514 bits per heavy atom. The molecular formula is C36H49N. The third-order valence-corrected chi connectivity index (χ3v) is 5.90. The van der Waals surface area contributed by atoms with E-state index in [-0.39, 0.29) is 5.41 Å². The van der Waals surface area contributed by atoms with Crippen molar-refractivity contribution in [3.05, 3.63) is 119 Å². The van der Waals surface area contributed by atoms with E-state index in [1.54, 1.807) is 0 Å². The second kappa shape index (κ2) is 15.8. The highest BCUT2D eigenvalue weighted by atomic mass is 15.0. The van der Waals surface area contributed by atoms with Gasteiger partial charge < -0.3 is 4.90 Å². The van der Waals surface area contributed by atoms with Crippen LogP contribution in [0.5, 0.6) is 0 Å². The fourth-order valence-electron chi connectivity index (χ4n) is 5.05. The van der Waals surface area contributed by atoms with Gasteiger partial charge in [-0.15, -0.1) is 0 Å². The Hall–Kier alpha value is -3.16. The lowest BCUT2D eigenvalue weighted by Gasteiger charge is -2.30. The lowest BCUT2D eigenvalue weighted by Crippen LogP contribution is -2.25. The van der Waals surface area contributed by atoms with Gasteiger partial charge in [-0.1, -0.05) is 152 Å². The summed E-state index contributed by atoms with van der Waals surface area (Å²) >= 11 is 0. The number of hydrogen-bond acceptors (Lipinski definition) is 1. The normalized spacial score (nSPS) is 11.6. The van der Waals surface area contributed by atoms with Crippen LogP contribution >= 0.6 is 0 Å². The van der Waals surface area contributed by atoms with Crippen LogP contribution in [-0.2, 0) is 5.41 Å². The molecule has 4 aromatic rings. The minimum absolute atomic E-state index is 0.180. The van der Waals surface area contributed by atoms with Crippen molar-refractivity contribution in [2.24, 2.45) is 0 Å². The molecule has 0 aromatic heterocycles. The summed E-state index contributed by atoms with van der Waals surface area (Å²) in [7, 11) is 6.00. The van der Waals surface area contributed by atoms with Gasteiger partial charge in [0.2, 0.25) is 0 Å². The molecule has 0 saturated carbocycles. The molecule has 0 radical (unpaired) electrons. The molecule has 4 aromatic carbocycles. The smallest absolute Gasteiger partial charge is 0.0725 e. The molecule has 6 rings (SSSR count). The molecule has 0 unspecified atom stereocenters. The number of rotatable bonds is 0. The van der Waals surface area contributed by atoms with Crippen molar-refractivity contribution >= 4 is 0 Å². The van der Waals surface area contributed by atoms with Gasteiger partial charge in [-0.05, 0) is 65.7 Å². The van der Waals surface area contributed by atoms with E-state index in [2.05, 4.69) is 97.1 Å². The molecule has 2 aliphatic carbocycles. The minimum atomic E-state index is -0.180. The average molecular weight is 496 g/mol. The molecule has 1 spiro atoms. The largest absolute Gasteiger partial charge is 0.312 e. The first kappa shape index (κ1) is 31.9. The van der Waals surface area contributed by atoms with Gasteiger partial charge in [0, 0.05) is 0 Å². The molecule has 1 heteroatoms. The quantitative estimate of drug-likeness (QED) is 0.202. The molecule has 0 heterocycles. The highest BCUT2D eigenvalue weighted by Crippen LogP contribution is 2.62. The summed E-state index contributed by atoms with van der Waals surface area (Å²) in [5.74, 6) is 0. The zero-order valence-corrected chi connectivity index (χ0v) is 25.2. The van der Waals surface area contributed by atoms with Gasteiger partial charge >= 0.3 is 0 Å². The van der Waals surface area contributed by atoms with Crippen molar-refractivity contribution < 1.29 is 0 Å². The van der Waals surface area contributed by atoms with Crippen LogP contribution in [0.15, 0.2) is 97.1 Å². The highest BCUT2D eigenvalue weighted by molar-refractivity contribution is 5.94. The van der Waals surface area contributed by atoms with Gasteiger partial charge in [-0.3, -0.25) is 0 Å². The third kappa shape index (κ3) is 5.89. The van der Waals surface area contributed by atoms with E-state index in [9.17, 15) is 0 Å². The minimum Gasteiger partial charge on any atom is -0.312 e. The first-order valence-corrected chi connectivity index (χ1v) is 14.2. The molecule has 0 N–H and O–H groups in total. The van der Waals surface area contributed by atoms with E-state index in [1.165, 1.54) is 44.5 Å². The molecule has 0 bridgehead atoms. The zero-order chi connectivity index (χ0) is 28.0. The molecule has 0 amide bonds. The van der Waals surface area contributed by atoms with E-state index in [0.29, 0.717) is 0 Å². The van der Waals surface area contributed by atoms with E-state index < -0.39 is 0 Å². The molecule has 0 atom stereocenters. The lowest BCUT2D eigenvalue weighted by molar-refractivity contribution is 0.505. The summed E-state index contributed by atoms with van der Waals surface area (Å²) in [6, 6.07) is 35.7. The topological polar surface area (TPSA) is 3.24 Å². The average Bonchev–Trinajstić information content (AvgIpc) is 3.45. The van der Waals surface area contributed by atoms with Crippen LogP contribution in [0.1, 0.15) is 77.6 Å². The van der Waals surface area contributed by atoms with Crippen molar-refractivity contribution in [3.63, 3.8) is 0 Å². The second-order valence-electron chi connectivity index (χ2n) is 8.27. The van der Waals surface area contributed by atoms with Crippen LogP contribution in [0.25, 0.3) is 22.3 Å². The van der Waals surface area contributed by atoms with Gasteiger partial charge in [0.1, 0.15) is 0 Å². The fourth-order valence-corrected chi connectivity index (χ4v) is 5.05. The van der Waals surface area contributed by atoms with Crippen molar-refractivity contribution in [1.82, 2.24) is 4.90 Å². The summed E-state index contributed by atoms with van der Waals surface area (Å²) in [6.07, 6.45) is 0. The summed E-state index contributed by atoms with van der Waals surface area (Å²) in [5, 5.41) is 0. The summed E-state index contributed by atoms with van der Waals surface area (Å²) < 4.78 is 0. The summed E-state index contributed by atoms with van der Waals surface area (Å²) in [5.41, 5.74) is 10.9. The third-order valence-electron chi connectivity index (χ3n) is 5.90. The standard InChI is InChI=1S/C25H16.C3H9N.4C2H6/c1-5-13-21-17(9-1)18-10-2-6-14-22(18)25(21)23-15-7-3-11-19(23)20-12-4-8-16-24(20)25;1-4(2)3;4*1-2/h1-16H;1-3H3;4*1-2H3. The molecular weight excluding hydrogens is 446 g/mol. The van der Waals surface area contributed by atoms with Crippen molar-refractivity contribution in [3.8, 4) is 22.3 Å². The predicted octanol–water partition coefficient (Wildman–Crippen LogP) is 10.3. The molecule has 0 aliphatic heterocycles. The van der Waals surface area contributed by atoms with Crippen LogP contribution in [-0.4, -0.2) is 26.0 Å². The SMILES string of the molecule is CC.CC.CC.CC.CN(C)C.c1ccc2c(c1)-c1ccccc1C21c2ccccc2-c2ccccc21. The van der Waals surface area contributed by atoms with Gasteiger partial charge in [0.15, 0.2) is 0 Å². The van der Waals surface area contributed by atoms with Crippen LogP contribution in [0.3, 0.4) is 0 Å². The Morgan fingerprint density at radius 3 is 0.703 bits per heavy atom. The molecule has 198 valence electrons. The highest BCUT2D eigenvalue weighted by Gasteiger charge is 2.51. The first-order valence-electron chi connectivity index (χ1n) is 14.2. The lowest BCUT2D eigenvalue weighted by atomic mass is 9.70. The van der Waals surface area contributed by atoms with Crippen molar-refractivity contribution in [2.45, 2.75) is 60.8 Å². The number of hydrogen-bond donors (Lipinski definition) is 0. The zero-order valence-electron chi connectivity index (χ0n) is 25.2. The summed E-state index contributed by atoms with van der Waals surface area (Å²) in [4.78, 5) is 2.00. The predicted molar refractivity (Wildman–Crippen MR) is 168 cm³/mol. The fraction of sp³-hybridized carbons (Fsp3) is 0.333. The van der Waals surface area contributed by atoms with E-state index >= 15 is 0 Å². The van der Waals surface area contributed by atoms with Crippen LogP contribution in [0.2, 0.25) is 0 Å². The molecule has 2 aliphatic rings. The Balaban J connectivity index is 0.000000500. The molecule has 1 nitrogen and oxygen atoms in total. The molecule has 0 fully saturated rings. The van der Waals surface area contributed by atoms with E-state index in [4.69, 9.17) is 0 Å². The second-order valence-corrected chi connectivity index (χ2v) is 8.27. The monoisotopic (exact) mass is 495 g/mol. The van der Waals surface area contributed by atoms with Crippen LogP contribution < -0.4 is 0 Å². The maximum absolute atomic E-state index is 2.31. The maximum Gasteiger partial charge on any atom is 0.0725 e. The maximum atomic E-state index is 2.31. The number of benzene rings is 4. The van der Waals surface area contributed by atoms with Crippen LogP contribution in [0, 0.1) is 0 Å². The Morgan fingerprint density at radius 1 is 0.351 bits per heavy atom. The van der Waals surface area contributed by atoms with Gasteiger partial charge in [-0.2, -0.15) is 0 Å². The number of nitrogens with zero attached hydrogens (tertiary/aromatic N) is 1. The Labute approximate surface area is 228 Å². The van der Waals surface area contributed by atoms with Crippen molar-refractivity contribution in [1.29, 1.82) is 0 Å². The molecule has 0 saturated heterocycles. The van der Waals surface area contributed by atoms with E-state index in [0.717, 1.165) is 0 Å². The van der Waals surface area contributed by atoms with Gasteiger partial charge in [-0.25, -0.2) is 0 Å². The number of fused-ring (bicyclic) bond motifs is 10.